The minimum Gasteiger partial charge on any atom is -0.427 e. The van der Waals surface area contributed by atoms with Crippen LogP contribution in [0.25, 0.3) is 11.1 Å². The first-order valence-corrected chi connectivity index (χ1v) is 9.03. The zero-order valence-electron chi connectivity index (χ0n) is 15.8. The lowest BCUT2D eigenvalue weighted by Gasteiger charge is -2.13. The number of imide groups is 1. The number of amides is 2. The van der Waals surface area contributed by atoms with Gasteiger partial charge in [-0.3, -0.25) is 14.4 Å². The van der Waals surface area contributed by atoms with Crippen LogP contribution in [0.15, 0.2) is 72.8 Å². The highest BCUT2D eigenvalue weighted by molar-refractivity contribution is 6.21. The largest absolute Gasteiger partial charge is 0.427 e. The lowest BCUT2D eigenvalue weighted by Crippen LogP contribution is -2.32. The van der Waals surface area contributed by atoms with Gasteiger partial charge in [0.15, 0.2) is 0 Å². The standard InChI is InChI=1S/C23H15NO6/c1-14(25)29-18-12-10-16(11-13-18)15-6-8-17(9-7-15)23(28)30-24-21(26)19-4-2-3-5-20(19)22(24)27/h2-13H,1H3. The van der Waals surface area contributed by atoms with Crippen LogP contribution >= 0.6 is 0 Å². The molecule has 7 nitrogen and oxygen atoms in total. The van der Waals surface area contributed by atoms with Crippen molar-refractivity contribution in [2.45, 2.75) is 6.92 Å². The van der Waals surface area contributed by atoms with Gasteiger partial charge in [-0.1, -0.05) is 41.5 Å². The highest BCUT2D eigenvalue weighted by Gasteiger charge is 2.38. The minimum atomic E-state index is -0.818. The van der Waals surface area contributed by atoms with Gasteiger partial charge < -0.3 is 9.57 Å². The van der Waals surface area contributed by atoms with E-state index in [0.29, 0.717) is 10.8 Å². The van der Waals surface area contributed by atoms with Crippen LogP contribution in [0.3, 0.4) is 0 Å². The summed E-state index contributed by atoms with van der Waals surface area (Å²) in [6.07, 6.45) is 0. The van der Waals surface area contributed by atoms with Gasteiger partial charge in [0.05, 0.1) is 16.7 Å². The Balaban J connectivity index is 1.47. The lowest BCUT2D eigenvalue weighted by atomic mass is 10.0. The number of hydrogen-bond donors (Lipinski definition) is 0. The van der Waals surface area contributed by atoms with Crippen molar-refractivity contribution in [1.29, 1.82) is 0 Å². The van der Waals surface area contributed by atoms with Crippen molar-refractivity contribution in [2.75, 3.05) is 0 Å². The summed E-state index contributed by atoms with van der Waals surface area (Å²) in [6, 6.07) is 19.7. The molecule has 3 aromatic carbocycles. The molecule has 0 saturated heterocycles. The Morgan fingerprint density at radius 2 is 1.23 bits per heavy atom. The summed E-state index contributed by atoms with van der Waals surface area (Å²) in [6.45, 7) is 1.33. The second-order valence-corrected chi connectivity index (χ2v) is 6.52. The number of nitrogens with zero attached hydrogens (tertiary/aromatic N) is 1. The SMILES string of the molecule is CC(=O)Oc1ccc(-c2ccc(C(=O)ON3C(=O)c4ccccc4C3=O)cc2)cc1. The van der Waals surface area contributed by atoms with Crippen LogP contribution in [-0.4, -0.2) is 28.8 Å². The number of esters is 1. The van der Waals surface area contributed by atoms with Crippen LogP contribution in [0.2, 0.25) is 0 Å². The molecule has 148 valence electrons. The van der Waals surface area contributed by atoms with Gasteiger partial charge in [0.1, 0.15) is 5.75 Å². The molecule has 1 heterocycles. The van der Waals surface area contributed by atoms with Crippen molar-refractivity contribution in [2.24, 2.45) is 0 Å². The summed E-state index contributed by atoms with van der Waals surface area (Å²) < 4.78 is 5.00. The molecular weight excluding hydrogens is 386 g/mol. The number of rotatable bonds is 4. The minimum absolute atomic E-state index is 0.187. The van der Waals surface area contributed by atoms with Gasteiger partial charge in [0.2, 0.25) is 0 Å². The summed E-state index contributed by atoms with van der Waals surface area (Å²) in [5.74, 6) is -2.13. The van der Waals surface area contributed by atoms with E-state index in [0.717, 1.165) is 11.1 Å². The van der Waals surface area contributed by atoms with E-state index in [4.69, 9.17) is 9.57 Å². The molecule has 0 bridgehead atoms. The highest BCUT2D eigenvalue weighted by atomic mass is 16.7. The Morgan fingerprint density at radius 1 is 0.733 bits per heavy atom. The van der Waals surface area contributed by atoms with E-state index >= 15 is 0 Å². The van der Waals surface area contributed by atoms with Crippen molar-refractivity contribution in [3.05, 3.63) is 89.5 Å². The van der Waals surface area contributed by atoms with Crippen LogP contribution in [0.1, 0.15) is 38.0 Å². The summed E-state index contributed by atoms with van der Waals surface area (Å²) in [4.78, 5) is 53.1. The molecule has 0 atom stereocenters. The lowest BCUT2D eigenvalue weighted by molar-refractivity contribution is -0.131. The van der Waals surface area contributed by atoms with Gasteiger partial charge in [-0.05, 0) is 47.5 Å². The molecule has 4 rings (SSSR count). The smallest absolute Gasteiger partial charge is 0.363 e. The summed E-state index contributed by atoms with van der Waals surface area (Å²) >= 11 is 0. The van der Waals surface area contributed by atoms with Gasteiger partial charge in [-0.2, -0.15) is 0 Å². The fourth-order valence-electron chi connectivity index (χ4n) is 3.07. The van der Waals surface area contributed by atoms with E-state index in [1.807, 2.05) is 0 Å². The average Bonchev–Trinajstić information content (AvgIpc) is 2.99. The quantitative estimate of drug-likeness (QED) is 0.377. The Morgan fingerprint density at radius 3 is 1.73 bits per heavy atom. The summed E-state index contributed by atoms with van der Waals surface area (Å²) in [5.41, 5.74) is 2.25. The zero-order valence-corrected chi connectivity index (χ0v) is 15.8. The number of hydrogen-bond acceptors (Lipinski definition) is 6. The van der Waals surface area contributed by atoms with Gasteiger partial charge in [-0.25, -0.2) is 4.79 Å². The van der Waals surface area contributed by atoms with Gasteiger partial charge >= 0.3 is 11.9 Å². The first-order chi connectivity index (χ1) is 14.4. The number of carbonyl (C=O) groups is 4. The molecule has 0 radical (unpaired) electrons. The van der Waals surface area contributed by atoms with Crippen LogP contribution in [0.4, 0.5) is 0 Å². The molecular formula is C23H15NO6. The molecule has 1 aliphatic heterocycles. The second kappa shape index (κ2) is 7.63. The maximum atomic E-state index is 12.4. The molecule has 3 aromatic rings. The van der Waals surface area contributed by atoms with Gasteiger partial charge in [0, 0.05) is 6.92 Å². The molecule has 0 aliphatic carbocycles. The van der Waals surface area contributed by atoms with Crippen molar-refractivity contribution in [1.82, 2.24) is 5.06 Å². The Kier molecular flexibility index (Phi) is 4.85. The average molecular weight is 401 g/mol. The van der Waals surface area contributed by atoms with Gasteiger partial charge in [0.25, 0.3) is 11.8 Å². The molecule has 0 aromatic heterocycles. The number of hydroxylamine groups is 2. The third-order valence-corrected chi connectivity index (χ3v) is 4.50. The predicted molar refractivity (Wildman–Crippen MR) is 106 cm³/mol. The second-order valence-electron chi connectivity index (χ2n) is 6.52. The van der Waals surface area contributed by atoms with Crippen LogP contribution in [-0.2, 0) is 9.63 Å². The molecule has 7 heteroatoms. The maximum absolute atomic E-state index is 12.4. The van der Waals surface area contributed by atoms with E-state index in [1.165, 1.54) is 31.2 Å². The van der Waals surface area contributed by atoms with Gasteiger partial charge in [-0.15, -0.1) is 0 Å². The van der Waals surface area contributed by atoms with Crippen LogP contribution < -0.4 is 4.74 Å². The van der Waals surface area contributed by atoms with Crippen molar-refractivity contribution in [3.63, 3.8) is 0 Å². The number of fused-ring (bicyclic) bond motifs is 1. The Hall–Kier alpha value is -4.26. The topological polar surface area (TPSA) is 90.0 Å². The molecule has 0 N–H and O–H groups in total. The third kappa shape index (κ3) is 3.56. The Bertz CT molecular complexity index is 1130. The number of benzene rings is 3. The number of ether oxygens (including phenoxy) is 1. The molecule has 0 spiro atoms. The zero-order chi connectivity index (χ0) is 21.3. The fraction of sp³-hybridized carbons (Fsp3) is 0.0435. The van der Waals surface area contributed by atoms with Crippen LogP contribution in [0.5, 0.6) is 5.75 Å². The molecule has 30 heavy (non-hydrogen) atoms. The molecule has 2 amide bonds. The molecule has 0 fully saturated rings. The molecule has 0 unspecified atom stereocenters. The summed E-state index contributed by atoms with van der Waals surface area (Å²) in [7, 11) is 0. The monoisotopic (exact) mass is 401 g/mol. The van der Waals surface area contributed by atoms with Crippen molar-refractivity contribution in [3.8, 4) is 16.9 Å². The van der Waals surface area contributed by atoms with E-state index in [9.17, 15) is 19.2 Å². The molecule has 0 saturated carbocycles. The summed E-state index contributed by atoms with van der Waals surface area (Å²) in [5, 5.41) is 0.481. The van der Waals surface area contributed by atoms with E-state index in [-0.39, 0.29) is 16.7 Å². The van der Waals surface area contributed by atoms with Crippen LogP contribution in [0, 0.1) is 0 Å². The fourth-order valence-corrected chi connectivity index (χ4v) is 3.07. The van der Waals surface area contributed by atoms with Crippen molar-refractivity contribution >= 4 is 23.8 Å². The first kappa shape index (κ1) is 19.1. The first-order valence-electron chi connectivity index (χ1n) is 9.03. The maximum Gasteiger partial charge on any atom is 0.363 e. The van der Waals surface area contributed by atoms with E-state index in [1.54, 1.807) is 48.5 Å². The Labute approximate surface area is 171 Å². The molecule has 1 aliphatic rings. The normalized spacial score (nSPS) is 12.5. The third-order valence-electron chi connectivity index (χ3n) is 4.50. The van der Waals surface area contributed by atoms with E-state index in [2.05, 4.69) is 0 Å². The van der Waals surface area contributed by atoms with Crippen molar-refractivity contribution < 1.29 is 28.8 Å². The predicted octanol–water partition coefficient (Wildman–Crippen LogP) is 3.65. The number of carbonyl (C=O) groups excluding carboxylic acids is 4. The van der Waals surface area contributed by atoms with E-state index < -0.39 is 23.8 Å². The highest BCUT2D eigenvalue weighted by Crippen LogP contribution is 2.25.